The Morgan fingerprint density at radius 1 is 0.947 bits per heavy atom. The molecule has 2 nitrogen and oxygen atoms in total. The molecule has 0 unspecified atom stereocenters. The lowest BCUT2D eigenvalue weighted by atomic mass is 10.1. The molecule has 0 fully saturated rings. The van der Waals surface area contributed by atoms with E-state index in [0.29, 0.717) is 5.82 Å². The summed E-state index contributed by atoms with van der Waals surface area (Å²) in [5, 5.41) is 0. The monoisotopic (exact) mass is 258 g/mol. The molecule has 0 aliphatic heterocycles. The van der Waals surface area contributed by atoms with Crippen LogP contribution in [0.4, 0.5) is 4.39 Å². The van der Waals surface area contributed by atoms with Gasteiger partial charge in [0.1, 0.15) is 5.82 Å². The van der Waals surface area contributed by atoms with Crippen LogP contribution >= 0.6 is 0 Å². The van der Waals surface area contributed by atoms with Crippen molar-refractivity contribution in [2.45, 2.75) is 39.0 Å². The van der Waals surface area contributed by atoms with Gasteiger partial charge in [-0.1, -0.05) is 26.2 Å². The van der Waals surface area contributed by atoms with Gasteiger partial charge >= 0.3 is 0 Å². The Kier molecular flexibility index (Phi) is 5.01. The zero-order valence-electron chi connectivity index (χ0n) is 11.3. The van der Waals surface area contributed by atoms with Gasteiger partial charge in [-0.2, -0.15) is 0 Å². The fourth-order valence-electron chi connectivity index (χ4n) is 1.99. The summed E-state index contributed by atoms with van der Waals surface area (Å²) in [6, 6.07) is 6.26. The lowest BCUT2D eigenvalue weighted by Crippen LogP contribution is -1.93. The molecule has 3 heteroatoms. The number of aryl methyl sites for hydroxylation is 1. The van der Waals surface area contributed by atoms with E-state index in [4.69, 9.17) is 0 Å². The summed E-state index contributed by atoms with van der Waals surface area (Å²) in [6.07, 6.45) is 9.76. The van der Waals surface area contributed by atoms with Crippen molar-refractivity contribution in [3.63, 3.8) is 0 Å². The van der Waals surface area contributed by atoms with E-state index in [2.05, 4.69) is 16.9 Å². The Hall–Kier alpha value is -1.77. The van der Waals surface area contributed by atoms with E-state index < -0.39 is 0 Å². The first-order valence-electron chi connectivity index (χ1n) is 6.86. The summed E-state index contributed by atoms with van der Waals surface area (Å²) in [4.78, 5) is 8.69. The van der Waals surface area contributed by atoms with Gasteiger partial charge in [-0.25, -0.2) is 14.4 Å². The lowest BCUT2D eigenvalue weighted by molar-refractivity contribution is 0.628. The Bertz CT molecular complexity index is 491. The van der Waals surface area contributed by atoms with E-state index >= 15 is 0 Å². The van der Waals surface area contributed by atoms with E-state index in [1.807, 2.05) is 12.4 Å². The molecule has 0 bridgehead atoms. The molecule has 0 atom stereocenters. The largest absolute Gasteiger partial charge is 0.236 e. The second-order valence-corrected chi connectivity index (χ2v) is 4.73. The van der Waals surface area contributed by atoms with Gasteiger partial charge in [0, 0.05) is 18.0 Å². The Morgan fingerprint density at radius 3 is 2.26 bits per heavy atom. The average molecular weight is 258 g/mol. The minimum atomic E-state index is -0.240. The van der Waals surface area contributed by atoms with Crippen molar-refractivity contribution >= 4 is 0 Å². The molecular formula is C16H19FN2. The second kappa shape index (κ2) is 6.98. The predicted octanol–water partition coefficient (Wildman–Crippen LogP) is 4.41. The highest BCUT2D eigenvalue weighted by atomic mass is 19.1. The van der Waals surface area contributed by atoms with Crippen LogP contribution in [0.2, 0.25) is 0 Å². The first-order valence-corrected chi connectivity index (χ1v) is 6.86. The molecule has 0 radical (unpaired) electrons. The van der Waals surface area contributed by atoms with Crippen molar-refractivity contribution < 1.29 is 4.39 Å². The molecule has 1 aromatic carbocycles. The highest BCUT2D eigenvalue weighted by molar-refractivity contribution is 5.54. The van der Waals surface area contributed by atoms with Gasteiger partial charge in [-0.05, 0) is 42.7 Å². The molecule has 1 heterocycles. The molecule has 0 amide bonds. The fourth-order valence-corrected chi connectivity index (χ4v) is 1.99. The quantitative estimate of drug-likeness (QED) is 0.717. The number of benzene rings is 1. The molecule has 2 aromatic rings. The first kappa shape index (κ1) is 13.7. The predicted molar refractivity (Wildman–Crippen MR) is 75.3 cm³/mol. The van der Waals surface area contributed by atoms with Crippen molar-refractivity contribution in [1.82, 2.24) is 9.97 Å². The fraction of sp³-hybridized carbons (Fsp3) is 0.375. The lowest BCUT2D eigenvalue weighted by Gasteiger charge is -2.03. The first-order chi connectivity index (χ1) is 9.29. The van der Waals surface area contributed by atoms with E-state index in [1.54, 1.807) is 12.1 Å². The maximum atomic E-state index is 12.8. The van der Waals surface area contributed by atoms with E-state index in [-0.39, 0.29) is 5.82 Å². The summed E-state index contributed by atoms with van der Waals surface area (Å²) in [6.45, 7) is 2.21. The number of unbranched alkanes of at least 4 members (excludes halogenated alkanes) is 3. The standard InChI is InChI=1S/C16H19FN2/c1-2-3-4-5-6-13-11-18-16(19-12-13)14-7-9-15(17)10-8-14/h7-12H,2-6H2,1H3. The zero-order valence-corrected chi connectivity index (χ0v) is 11.3. The Balaban J connectivity index is 1.96. The van der Waals surface area contributed by atoms with Crippen LogP contribution in [0.15, 0.2) is 36.7 Å². The van der Waals surface area contributed by atoms with Crippen LogP contribution in [0, 0.1) is 5.82 Å². The molecule has 0 saturated carbocycles. The van der Waals surface area contributed by atoms with Crippen molar-refractivity contribution in [1.29, 1.82) is 0 Å². The number of nitrogens with zero attached hydrogens (tertiary/aromatic N) is 2. The minimum absolute atomic E-state index is 0.240. The topological polar surface area (TPSA) is 25.8 Å². The number of hydrogen-bond acceptors (Lipinski definition) is 2. The molecule has 1 aromatic heterocycles. The van der Waals surface area contributed by atoms with Crippen LogP contribution in [0.1, 0.15) is 38.2 Å². The Labute approximate surface area is 113 Å². The average Bonchev–Trinajstić information content (AvgIpc) is 2.45. The molecule has 2 rings (SSSR count). The van der Waals surface area contributed by atoms with Crippen molar-refractivity contribution in [2.75, 3.05) is 0 Å². The smallest absolute Gasteiger partial charge is 0.159 e. The van der Waals surface area contributed by atoms with Crippen LogP contribution in [-0.2, 0) is 6.42 Å². The molecule has 0 N–H and O–H groups in total. The minimum Gasteiger partial charge on any atom is -0.236 e. The summed E-state index contributed by atoms with van der Waals surface area (Å²) in [5.41, 5.74) is 2.01. The summed E-state index contributed by atoms with van der Waals surface area (Å²) < 4.78 is 12.8. The molecule has 0 aliphatic rings. The zero-order chi connectivity index (χ0) is 13.5. The normalized spacial score (nSPS) is 10.6. The van der Waals surface area contributed by atoms with Gasteiger partial charge in [-0.3, -0.25) is 0 Å². The van der Waals surface area contributed by atoms with Crippen molar-refractivity contribution in [3.05, 3.63) is 48.0 Å². The summed E-state index contributed by atoms with van der Waals surface area (Å²) in [7, 11) is 0. The second-order valence-electron chi connectivity index (χ2n) is 4.73. The summed E-state index contributed by atoms with van der Waals surface area (Å²) >= 11 is 0. The van der Waals surface area contributed by atoms with Crippen molar-refractivity contribution in [2.24, 2.45) is 0 Å². The van der Waals surface area contributed by atoms with Gasteiger partial charge in [0.05, 0.1) is 0 Å². The molecular weight excluding hydrogens is 239 g/mol. The van der Waals surface area contributed by atoms with Gasteiger partial charge < -0.3 is 0 Å². The van der Waals surface area contributed by atoms with Gasteiger partial charge in [0.15, 0.2) is 5.82 Å². The third-order valence-electron chi connectivity index (χ3n) is 3.13. The summed E-state index contributed by atoms with van der Waals surface area (Å²) in [5.74, 6) is 0.411. The van der Waals surface area contributed by atoms with Crippen LogP contribution in [0.5, 0.6) is 0 Å². The van der Waals surface area contributed by atoms with Crippen molar-refractivity contribution in [3.8, 4) is 11.4 Å². The SMILES string of the molecule is CCCCCCc1cnc(-c2ccc(F)cc2)nc1. The van der Waals surface area contributed by atoms with Gasteiger partial charge in [0.2, 0.25) is 0 Å². The molecule has 0 aliphatic carbocycles. The highest BCUT2D eigenvalue weighted by Gasteiger charge is 2.02. The third-order valence-corrected chi connectivity index (χ3v) is 3.13. The van der Waals surface area contributed by atoms with E-state index in [0.717, 1.165) is 12.0 Å². The molecule has 100 valence electrons. The molecule has 0 spiro atoms. The maximum absolute atomic E-state index is 12.8. The number of aromatic nitrogens is 2. The Morgan fingerprint density at radius 2 is 1.63 bits per heavy atom. The number of rotatable bonds is 6. The highest BCUT2D eigenvalue weighted by Crippen LogP contribution is 2.15. The molecule has 0 saturated heterocycles. The van der Waals surface area contributed by atoms with E-state index in [1.165, 1.54) is 43.4 Å². The number of hydrogen-bond donors (Lipinski definition) is 0. The number of halogens is 1. The van der Waals surface area contributed by atoms with E-state index in [9.17, 15) is 4.39 Å². The van der Waals surface area contributed by atoms with Gasteiger partial charge in [0.25, 0.3) is 0 Å². The maximum Gasteiger partial charge on any atom is 0.159 e. The van der Waals surface area contributed by atoms with Gasteiger partial charge in [-0.15, -0.1) is 0 Å². The third kappa shape index (κ3) is 4.12. The van der Waals surface area contributed by atoms with Crippen LogP contribution in [0.3, 0.4) is 0 Å². The van der Waals surface area contributed by atoms with Crippen LogP contribution in [0.25, 0.3) is 11.4 Å². The van der Waals surface area contributed by atoms with Crippen LogP contribution < -0.4 is 0 Å². The molecule has 19 heavy (non-hydrogen) atoms. The van der Waals surface area contributed by atoms with Crippen LogP contribution in [-0.4, -0.2) is 9.97 Å².